The minimum atomic E-state index is -1.57. The van der Waals surface area contributed by atoms with Gasteiger partial charge in [-0.2, -0.15) is 0 Å². The van der Waals surface area contributed by atoms with Crippen LogP contribution >= 0.6 is 0 Å². The first-order valence-electron chi connectivity index (χ1n) is 9.38. The highest BCUT2D eigenvalue weighted by atomic mass is 16.4. The second kappa shape index (κ2) is 9.57. The van der Waals surface area contributed by atoms with Gasteiger partial charge in [0.15, 0.2) is 12.0 Å². The summed E-state index contributed by atoms with van der Waals surface area (Å²) < 4.78 is 5.58. The number of aliphatic hydroxyl groups is 1. The average Bonchev–Trinajstić information content (AvgIpc) is 3.08. The third kappa shape index (κ3) is 6.26. The zero-order valence-electron chi connectivity index (χ0n) is 16.8. The fourth-order valence-corrected chi connectivity index (χ4v) is 3.01. The Morgan fingerprint density at radius 3 is 2.52 bits per heavy atom. The number of aromatic nitrogens is 2. The summed E-state index contributed by atoms with van der Waals surface area (Å²) in [4.78, 5) is 38.6. The summed E-state index contributed by atoms with van der Waals surface area (Å²) in [5, 5.41) is 30.7. The lowest BCUT2D eigenvalue weighted by Crippen LogP contribution is -2.52. The number of urea groups is 1. The van der Waals surface area contributed by atoms with E-state index in [9.17, 15) is 19.5 Å². The van der Waals surface area contributed by atoms with E-state index in [-0.39, 0.29) is 23.7 Å². The maximum absolute atomic E-state index is 12.2. The zero-order valence-corrected chi connectivity index (χ0v) is 16.8. The number of primary amides is 1. The largest absolute Gasteiger partial charge is 0.480 e. The molecule has 1 aliphatic rings. The second-order valence-corrected chi connectivity index (χ2v) is 7.38. The van der Waals surface area contributed by atoms with E-state index >= 15 is 0 Å². The minimum absolute atomic E-state index is 0.00267. The van der Waals surface area contributed by atoms with Crippen LogP contribution in [0.15, 0.2) is 9.41 Å². The van der Waals surface area contributed by atoms with E-state index in [1.54, 1.807) is 0 Å². The Labute approximate surface area is 176 Å². The SMILES string of the molecule is CC(O)[C@H](NC(=O)N[C@@H](CC(N)=O)c1nnc(C2(N)C[C@H]2CCN=C(N)N)o1)C(=O)O. The van der Waals surface area contributed by atoms with Gasteiger partial charge in [0, 0.05) is 6.54 Å². The molecular formula is C16H27N9O6. The van der Waals surface area contributed by atoms with Crippen molar-refractivity contribution >= 4 is 23.9 Å². The molecule has 2 unspecified atom stereocenters. The maximum atomic E-state index is 12.2. The highest BCUT2D eigenvalue weighted by molar-refractivity contribution is 5.83. The van der Waals surface area contributed by atoms with E-state index < -0.39 is 48.1 Å². The Bertz CT molecular complexity index is 852. The normalized spacial score (nSPS) is 22.6. The van der Waals surface area contributed by atoms with Crippen LogP contribution in [-0.2, 0) is 15.1 Å². The minimum Gasteiger partial charge on any atom is -0.480 e. The number of hydrogen-bond acceptors (Lipinski definition) is 9. The van der Waals surface area contributed by atoms with Gasteiger partial charge in [-0.15, -0.1) is 10.2 Å². The molecule has 0 saturated heterocycles. The van der Waals surface area contributed by atoms with E-state index in [4.69, 9.17) is 32.5 Å². The number of nitrogens with two attached hydrogens (primary N) is 4. The molecule has 2 rings (SSSR count). The van der Waals surface area contributed by atoms with Gasteiger partial charge in [0.25, 0.3) is 0 Å². The van der Waals surface area contributed by atoms with Crippen molar-refractivity contribution in [2.75, 3.05) is 6.54 Å². The number of aliphatic hydroxyl groups excluding tert-OH is 1. The van der Waals surface area contributed by atoms with E-state index in [0.717, 1.165) is 0 Å². The van der Waals surface area contributed by atoms with Crippen LogP contribution < -0.4 is 33.6 Å². The zero-order chi connectivity index (χ0) is 23.3. The number of carboxylic acid groups (broad SMARTS) is 1. The first-order valence-corrected chi connectivity index (χ1v) is 9.38. The molecule has 1 aromatic rings. The molecule has 0 spiro atoms. The number of amides is 3. The second-order valence-electron chi connectivity index (χ2n) is 7.38. The molecule has 0 bridgehead atoms. The number of carbonyl (C=O) groups excluding carboxylic acids is 2. The Kier molecular flexibility index (Phi) is 7.35. The summed E-state index contributed by atoms with van der Waals surface area (Å²) in [6, 6.07) is -3.69. The van der Waals surface area contributed by atoms with Crippen molar-refractivity contribution in [2.24, 2.45) is 33.8 Å². The number of aliphatic imine (C=N–C) groups is 1. The summed E-state index contributed by atoms with van der Waals surface area (Å²) in [7, 11) is 0. The van der Waals surface area contributed by atoms with E-state index in [0.29, 0.717) is 19.4 Å². The lowest BCUT2D eigenvalue weighted by atomic mass is 10.1. The van der Waals surface area contributed by atoms with Gasteiger partial charge in [0.05, 0.1) is 18.1 Å². The maximum Gasteiger partial charge on any atom is 0.328 e. The van der Waals surface area contributed by atoms with Crippen LogP contribution in [0.2, 0.25) is 0 Å². The van der Waals surface area contributed by atoms with Crippen LogP contribution in [0.1, 0.15) is 44.0 Å². The van der Waals surface area contributed by atoms with Gasteiger partial charge in [0.2, 0.25) is 17.7 Å². The molecule has 1 aliphatic carbocycles. The van der Waals surface area contributed by atoms with Crippen LogP contribution in [0.3, 0.4) is 0 Å². The van der Waals surface area contributed by atoms with Gasteiger partial charge >= 0.3 is 12.0 Å². The van der Waals surface area contributed by atoms with Crippen LogP contribution in [0.5, 0.6) is 0 Å². The van der Waals surface area contributed by atoms with Crippen molar-refractivity contribution in [3.8, 4) is 0 Å². The Morgan fingerprint density at radius 2 is 1.97 bits per heavy atom. The van der Waals surface area contributed by atoms with Crippen LogP contribution in [0, 0.1) is 5.92 Å². The Morgan fingerprint density at radius 1 is 1.29 bits per heavy atom. The third-order valence-electron chi connectivity index (χ3n) is 4.81. The summed E-state index contributed by atoms with van der Waals surface area (Å²) in [5.41, 5.74) is 21.2. The molecule has 1 heterocycles. The smallest absolute Gasteiger partial charge is 0.328 e. The number of carboxylic acids is 1. The van der Waals surface area contributed by atoms with E-state index in [1.165, 1.54) is 6.92 Å². The molecule has 1 fully saturated rings. The summed E-state index contributed by atoms with van der Waals surface area (Å²) in [6.45, 7) is 1.58. The van der Waals surface area contributed by atoms with Crippen LogP contribution in [0.25, 0.3) is 0 Å². The van der Waals surface area contributed by atoms with Crippen LogP contribution in [-0.4, -0.2) is 63.0 Å². The van der Waals surface area contributed by atoms with Gasteiger partial charge in [0.1, 0.15) is 6.04 Å². The highest BCUT2D eigenvalue weighted by Gasteiger charge is 2.56. The molecule has 5 atom stereocenters. The number of nitrogens with zero attached hydrogens (tertiary/aromatic N) is 3. The number of carbonyl (C=O) groups is 3. The molecule has 0 aromatic carbocycles. The molecule has 172 valence electrons. The van der Waals surface area contributed by atoms with Gasteiger partial charge in [-0.3, -0.25) is 9.79 Å². The van der Waals surface area contributed by atoms with Gasteiger partial charge in [-0.1, -0.05) is 0 Å². The van der Waals surface area contributed by atoms with E-state index in [2.05, 4.69) is 25.8 Å². The number of rotatable bonds is 11. The van der Waals surface area contributed by atoms with Gasteiger partial charge in [-0.05, 0) is 25.7 Å². The number of nitrogens with one attached hydrogen (secondary N) is 2. The van der Waals surface area contributed by atoms with Crippen molar-refractivity contribution in [3.63, 3.8) is 0 Å². The van der Waals surface area contributed by atoms with Gasteiger partial charge < -0.3 is 48.2 Å². The quantitative estimate of drug-likeness (QED) is 0.126. The third-order valence-corrected chi connectivity index (χ3v) is 4.81. The van der Waals surface area contributed by atoms with Crippen molar-refractivity contribution in [3.05, 3.63) is 11.8 Å². The first kappa shape index (κ1) is 23.8. The summed E-state index contributed by atoms with van der Waals surface area (Å²) in [5.74, 6) is -2.27. The molecule has 15 heteroatoms. The molecule has 0 aliphatic heterocycles. The summed E-state index contributed by atoms with van der Waals surface area (Å²) in [6.07, 6.45) is -0.617. The Balaban J connectivity index is 2.08. The van der Waals surface area contributed by atoms with E-state index in [1.807, 2.05) is 0 Å². The molecule has 3 amide bonds. The molecule has 1 aromatic heterocycles. The number of guanidine groups is 1. The molecular weight excluding hydrogens is 414 g/mol. The van der Waals surface area contributed by atoms with Crippen LogP contribution in [0.4, 0.5) is 4.79 Å². The monoisotopic (exact) mass is 441 g/mol. The predicted octanol–water partition coefficient (Wildman–Crippen LogP) is -3.04. The fourth-order valence-electron chi connectivity index (χ4n) is 3.01. The molecule has 15 nitrogen and oxygen atoms in total. The van der Waals surface area contributed by atoms with Crippen molar-refractivity contribution in [1.82, 2.24) is 20.8 Å². The van der Waals surface area contributed by atoms with Gasteiger partial charge in [-0.25, -0.2) is 9.59 Å². The highest BCUT2D eigenvalue weighted by Crippen LogP contribution is 2.51. The number of aliphatic carboxylic acids is 1. The number of hydrogen-bond donors (Lipinski definition) is 8. The molecule has 12 N–H and O–H groups in total. The predicted molar refractivity (Wildman–Crippen MR) is 105 cm³/mol. The lowest BCUT2D eigenvalue weighted by molar-refractivity contribution is -0.141. The molecule has 1 saturated carbocycles. The Hall–Kier alpha value is -3.46. The van der Waals surface area contributed by atoms with Crippen molar-refractivity contribution in [2.45, 2.75) is 49.9 Å². The first-order chi connectivity index (χ1) is 14.4. The molecule has 31 heavy (non-hydrogen) atoms. The lowest BCUT2D eigenvalue weighted by Gasteiger charge is -2.19. The molecule has 0 radical (unpaired) electrons. The average molecular weight is 441 g/mol. The topological polar surface area (TPSA) is 271 Å². The standard InChI is InChI=1S/C16H27N9O6/c1-6(26)10(12(28)29)23-15(30)22-8(4-9(17)27)11-24-25-13(31-11)16(20)5-7(16)2-3-21-14(18)19/h6-8,10,26H,2-5,20H2,1H3,(H2,17,27)(H,28,29)(H4,18,19,21)(H2,22,23,30)/t6?,7-,8+,10+,16?/m1/s1. The van der Waals surface area contributed by atoms with Crippen molar-refractivity contribution < 1.29 is 29.0 Å². The summed E-state index contributed by atoms with van der Waals surface area (Å²) >= 11 is 0. The fraction of sp³-hybridized carbons (Fsp3) is 0.625. The van der Waals surface area contributed by atoms with Crippen molar-refractivity contribution in [1.29, 1.82) is 0 Å².